The van der Waals surface area contributed by atoms with Gasteiger partial charge in [0.1, 0.15) is 0 Å². The minimum Gasteiger partial charge on any atom is -0.340 e. The van der Waals surface area contributed by atoms with Gasteiger partial charge in [-0.2, -0.15) is 23.4 Å². The Bertz CT molecular complexity index is 396. The maximum absolute atomic E-state index is 12.2. The SMILES string of the molecule is Cc1nc(CCNCC(C#N)C(F)(F)F)no1. The van der Waals surface area contributed by atoms with Crippen LogP contribution in [0.4, 0.5) is 13.2 Å². The van der Waals surface area contributed by atoms with E-state index in [4.69, 9.17) is 9.78 Å². The molecule has 0 spiro atoms. The van der Waals surface area contributed by atoms with E-state index in [1.165, 1.54) is 6.07 Å². The van der Waals surface area contributed by atoms with Gasteiger partial charge < -0.3 is 9.84 Å². The summed E-state index contributed by atoms with van der Waals surface area (Å²) in [5, 5.41) is 14.5. The lowest BCUT2D eigenvalue weighted by molar-refractivity contribution is -0.157. The number of rotatable bonds is 5. The van der Waals surface area contributed by atoms with Crippen LogP contribution in [-0.2, 0) is 6.42 Å². The van der Waals surface area contributed by atoms with Crippen molar-refractivity contribution in [3.8, 4) is 6.07 Å². The lowest BCUT2D eigenvalue weighted by atomic mass is 10.1. The molecular formula is C9H11F3N4O. The number of aromatic nitrogens is 2. The first-order valence-corrected chi connectivity index (χ1v) is 4.89. The highest BCUT2D eigenvalue weighted by Crippen LogP contribution is 2.24. The van der Waals surface area contributed by atoms with Gasteiger partial charge in [0.05, 0.1) is 6.07 Å². The van der Waals surface area contributed by atoms with Crippen LogP contribution in [0.25, 0.3) is 0 Å². The van der Waals surface area contributed by atoms with Gasteiger partial charge in [-0.25, -0.2) is 0 Å². The number of nitrogens with zero attached hydrogens (tertiary/aromatic N) is 3. The number of nitrogens with one attached hydrogen (secondary N) is 1. The monoisotopic (exact) mass is 248 g/mol. The number of aryl methyl sites for hydroxylation is 1. The minimum atomic E-state index is -4.50. The quantitative estimate of drug-likeness (QED) is 0.793. The Kier molecular flexibility index (Phi) is 4.45. The molecule has 0 bridgehead atoms. The van der Waals surface area contributed by atoms with Gasteiger partial charge in [0.15, 0.2) is 11.7 Å². The van der Waals surface area contributed by atoms with Crippen LogP contribution in [0.3, 0.4) is 0 Å². The molecule has 0 aliphatic carbocycles. The van der Waals surface area contributed by atoms with Gasteiger partial charge in [-0.15, -0.1) is 0 Å². The van der Waals surface area contributed by atoms with E-state index in [0.29, 0.717) is 18.1 Å². The summed E-state index contributed by atoms with van der Waals surface area (Å²) in [6, 6.07) is 1.21. The van der Waals surface area contributed by atoms with Crippen molar-refractivity contribution in [1.82, 2.24) is 15.5 Å². The lowest BCUT2D eigenvalue weighted by Gasteiger charge is -2.13. The van der Waals surface area contributed by atoms with Gasteiger partial charge in [-0.3, -0.25) is 0 Å². The fourth-order valence-electron chi connectivity index (χ4n) is 1.12. The molecule has 1 heterocycles. The zero-order valence-corrected chi connectivity index (χ0v) is 9.08. The number of hydrogen-bond donors (Lipinski definition) is 1. The van der Waals surface area contributed by atoms with Crippen molar-refractivity contribution in [2.45, 2.75) is 19.5 Å². The molecule has 1 atom stereocenters. The second kappa shape index (κ2) is 5.63. The largest absolute Gasteiger partial charge is 0.405 e. The van der Waals surface area contributed by atoms with E-state index in [2.05, 4.69) is 15.5 Å². The fourth-order valence-corrected chi connectivity index (χ4v) is 1.12. The summed E-state index contributed by atoms with van der Waals surface area (Å²) in [6.45, 7) is 1.45. The van der Waals surface area contributed by atoms with Crippen LogP contribution < -0.4 is 5.32 Å². The van der Waals surface area contributed by atoms with Crippen molar-refractivity contribution in [3.05, 3.63) is 11.7 Å². The molecule has 0 saturated carbocycles. The van der Waals surface area contributed by atoms with E-state index >= 15 is 0 Å². The Labute approximate surface area is 95.6 Å². The highest BCUT2D eigenvalue weighted by molar-refractivity contribution is 4.90. The molecule has 5 nitrogen and oxygen atoms in total. The number of halogens is 3. The molecular weight excluding hydrogens is 237 g/mol. The van der Waals surface area contributed by atoms with Gasteiger partial charge >= 0.3 is 6.18 Å². The molecule has 1 rings (SSSR count). The van der Waals surface area contributed by atoms with Gasteiger partial charge in [0.25, 0.3) is 0 Å². The van der Waals surface area contributed by atoms with Crippen LogP contribution in [-0.4, -0.2) is 29.4 Å². The van der Waals surface area contributed by atoms with Crippen LogP contribution in [0.2, 0.25) is 0 Å². The third-order valence-corrected chi connectivity index (χ3v) is 1.99. The van der Waals surface area contributed by atoms with Crippen molar-refractivity contribution in [2.24, 2.45) is 5.92 Å². The second-order valence-electron chi connectivity index (χ2n) is 3.41. The van der Waals surface area contributed by atoms with Crippen LogP contribution >= 0.6 is 0 Å². The van der Waals surface area contributed by atoms with E-state index in [1.807, 2.05) is 0 Å². The minimum absolute atomic E-state index is 0.257. The summed E-state index contributed by atoms with van der Waals surface area (Å²) in [6.07, 6.45) is -4.14. The van der Waals surface area contributed by atoms with Crippen molar-refractivity contribution in [1.29, 1.82) is 5.26 Å². The zero-order valence-electron chi connectivity index (χ0n) is 9.08. The maximum Gasteiger partial charge on any atom is 0.405 e. The molecule has 0 fully saturated rings. The standard InChI is InChI=1S/C9H11F3N4O/c1-6-15-8(16-17-6)2-3-14-5-7(4-13)9(10,11)12/h7,14H,2-3,5H2,1H3. The van der Waals surface area contributed by atoms with Crippen molar-refractivity contribution >= 4 is 0 Å². The molecule has 8 heteroatoms. The Morgan fingerprint density at radius 2 is 2.24 bits per heavy atom. The van der Waals surface area contributed by atoms with E-state index in [1.54, 1.807) is 6.92 Å². The van der Waals surface area contributed by atoms with E-state index < -0.39 is 18.6 Å². The average molecular weight is 248 g/mol. The van der Waals surface area contributed by atoms with E-state index in [0.717, 1.165) is 0 Å². The molecule has 0 amide bonds. The van der Waals surface area contributed by atoms with Crippen LogP contribution in [0.15, 0.2) is 4.52 Å². The molecule has 1 N–H and O–H groups in total. The molecule has 0 aliphatic heterocycles. The van der Waals surface area contributed by atoms with E-state index in [-0.39, 0.29) is 6.54 Å². The predicted molar refractivity (Wildman–Crippen MR) is 50.8 cm³/mol. The summed E-state index contributed by atoms with van der Waals surface area (Å²) >= 11 is 0. The normalized spacial score (nSPS) is 13.4. The highest BCUT2D eigenvalue weighted by Gasteiger charge is 2.39. The predicted octanol–water partition coefficient (Wildman–Crippen LogP) is 1.21. The topological polar surface area (TPSA) is 74.7 Å². The molecule has 1 unspecified atom stereocenters. The molecule has 1 aromatic heterocycles. The van der Waals surface area contributed by atoms with Crippen molar-refractivity contribution < 1.29 is 17.7 Å². The molecule has 1 aromatic rings. The zero-order chi connectivity index (χ0) is 12.9. The Morgan fingerprint density at radius 1 is 1.53 bits per heavy atom. The van der Waals surface area contributed by atoms with Crippen LogP contribution in [0, 0.1) is 24.2 Å². The van der Waals surface area contributed by atoms with Gasteiger partial charge in [-0.05, 0) is 0 Å². The maximum atomic E-state index is 12.2. The van der Waals surface area contributed by atoms with Gasteiger partial charge in [-0.1, -0.05) is 5.16 Å². The van der Waals surface area contributed by atoms with Gasteiger partial charge in [0.2, 0.25) is 5.89 Å². The number of hydrogen-bond acceptors (Lipinski definition) is 5. The van der Waals surface area contributed by atoms with Gasteiger partial charge in [0, 0.05) is 26.4 Å². The molecule has 0 aliphatic rings. The third-order valence-electron chi connectivity index (χ3n) is 1.99. The average Bonchev–Trinajstić information content (AvgIpc) is 2.62. The van der Waals surface area contributed by atoms with Crippen molar-refractivity contribution in [2.75, 3.05) is 13.1 Å². The second-order valence-corrected chi connectivity index (χ2v) is 3.41. The Hall–Kier alpha value is -1.62. The summed E-state index contributed by atoms with van der Waals surface area (Å²) < 4.78 is 41.2. The third kappa shape index (κ3) is 4.40. The molecule has 0 aromatic carbocycles. The smallest absolute Gasteiger partial charge is 0.340 e. The molecule has 0 radical (unpaired) electrons. The number of alkyl halides is 3. The van der Waals surface area contributed by atoms with Crippen LogP contribution in [0.5, 0.6) is 0 Å². The summed E-state index contributed by atoms with van der Waals surface area (Å²) in [5.74, 6) is -1.16. The lowest BCUT2D eigenvalue weighted by Crippen LogP contribution is -2.33. The summed E-state index contributed by atoms with van der Waals surface area (Å²) in [7, 11) is 0. The van der Waals surface area contributed by atoms with E-state index in [9.17, 15) is 13.2 Å². The first kappa shape index (κ1) is 13.4. The summed E-state index contributed by atoms with van der Waals surface area (Å²) in [5.41, 5.74) is 0. The molecule has 0 saturated heterocycles. The van der Waals surface area contributed by atoms with Crippen molar-refractivity contribution in [3.63, 3.8) is 0 Å². The first-order valence-electron chi connectivity index (χ1n) is 4.89. The van der Waals surface area contributed by atoms with Crippen LogP contribution in [0.1, 0.15) is 11.7 Å². The fraction of sp³-hybridized carbons (Fsp3) is 0.667. The Balaban J connectivity index is 2.26. The first-order chi connectivity index (χ1) is 7.93. The highest BCUT2D eigenvalue weighted by atomic mass is 19.4. The molecule has 17 heavy (non-hydrogen) atoms. The molecule has 94 valence electrons. The Morgan fingerprint density at radius 3 is 2.71 bits per heavy atom. The summed E-state index contributed by atoms with van der Waals surface area (Å²) in [4.78, 5) is 3.89. The number of nitriles is 1.